The van der Waals surface area contributed by atoms with Gasteiger partial charge in [-0.3, -0.25) is 4.90 Å². The second-order valence-corrected chi connectivity index (χ2v) is 5.51. The summed E-state index contributed by atoms with van der Waals surface area (Å²) in [5, 5.41) is 10.2. The lowest BCUT2D eigenvalue weighted by Gasteiger charge is -2.15. The Hall–Kier alpha value is -1.81. The van der Waals surface area contributed by atoms with Crippen LogP contribution in [-0.2, 0) is 6.54 Å². The zero-order chi connectivity index (χ0) is 14.1. The normalized spacial score (nSPS) is 19.8. The van der Waals surface area contributed by atoms with E-state index in [4.69, 9.17) is 4.42 Å². The lowest BCUT2D eigenvalue weighted by Crippen LogP contribution is -2.21. The molecule has 0 saturated carbocycles. The van der Waals surface area contributed by atoms with Crippen molar-refractivity contribution < 1.29 is 14.3 Å². The molecule has 1 aromatic carbocycles. The predicted octanol–water partition coefficient (Wildman–Crippen LogP) is 3.36. The Balaban J connectivity index is 1.93. The first kappa shape index (κ1) is 13.2. The smallest absolute Gasteiger partial charge is 0.372 e. The summed E-state index contributed by atoms with van der Waals surface area (Å²) in [4.78, 5) is 13.7. The van der Waals surface area contributed by atoms with Crippen molar-refractivity contribution in [2.45, 2.75) is 26.3 Å². The fourth-order valence-corrected chi connectivity index (χ4v) is 3.04. The van der Waals surface area contributed by atoms with E-state index in [-0.39, 0.29) is 5.76 Å². The van der Waals surface area contributed by atoms with Crippen LogP contribution in [0.1, 0.15) is 35.9 Å². The largest absolute Gasteiger partial charge is 0.475 e. The Morgan fingerprint density at radius 1 is 1.45 bits per heavy atom. The average Bonchev–Trinajstić information content (AvgIpc) is 3.04. The maximum Gasteiger partial charge on any atom is 0.372 e. The first-order valence-electron chi connectivity index (χ1n) is 7.15. The molecule has 1 aliphatic rings. The highest BCUT2D eigenvalue weighted by atomic mass is 16.4. The van der Waals surface area contributed by atoms with Gasteiger partial charge in [0.15, 0.2) is 0 Å². The van der Waals surface area contributed by atoms with Crippen LogP contribution in [0, 0.1) is 5.92 Å². The van der Waals surface area contributed by atoms with Gasteiger partial charge in [0, 0.05) is 24.0 Å². The van der Waals surface area contributed by atoms with Crippen molar-refractivity contribution >= 4 is 16.9 Å². The third kappa shape index (κ3) is 2.31. The van der Waals surface area contributed by atoms with Crippen molar-refractivity contribution in [1.29, 1.82) is 0 Å². The third-order valence-electron chi connectivity index (χ3n) is 4.22. The molecule has 0 spiro atoms. The summed E-state index contributed by atoms with van der Waals surface area (Å²) < 4.78 is 5.50. The van der Waals surface area contributed by atoms with Crippen LogP contribution in [0.3, 0.4) is 0 Å². The van der Waals surface area contributed by atoms with Gasteiger partial charge in [-0.25, -0.2) is 4.79 Å². The SMILES string of the molecule is CCC1CCN(Cc2c(C(=O)O)oc3ccccc23)C1. The maximum absolute atomic E-state index is 11.4. The van der Waals surface area contributed by atoms with E-state index in [1.165, 1.54) is 12.8 Å². The number of carboxylic acid groups (broad SMARTS) is 1. The predicted molar refractivity (Wildman–Crippen MR) is 76.8 cm³/mol. The lowest BCUT2D eigenvalue weighted by molar-refractivity contribution is 0.0662. The molecule has 1 N–H and O–H groups in total. The molecule has 1 fully saturated rings. The molecular weight excluding hydrogens is 254 g/mol. The van der Waals surface area contributed by atoms with Gasteiger partial charge in [0.1, 0.15) is 5.58 Å². The van der Waals surface area contributed by atoms with E-state index < -0.39 is 5.97 Å². The summed E-state index contributed by atoms with van der Waals surface area (Å²) in [6.07, 6.45) is 2.39. The molecule has 0 radical (unpaired) electrons. The van der Waals surface area contributed by atoms with Crippen molar-refractivity contribution in [3.8, 4) is 0 Å². The van der Waals surface area contributed by atoms with Gasteiger partial charge in [-0.15, -0.1) is 0 Å². The van der Waals surface area contributed by atoms with Crippen LogP contribution in [0.25, 0.3) is 11.0 Å². The van der Waals surface area contributed by atoms with Crippen LogP contribution in [-0.4, -0.2) is 29.1 Å². The second-order valence-electron chi connectivity index (χ2n) is 5.51. The second kappa shape index (κ2) is 5.29. The number of fused-ring (bicyclic) bond motifs is 1. The quantitative estimate of drug-likeness (QED) is 0.928. The van der Waals surface area contributed by atoms with Gasteiger partial charge in [-0.2, -0.15) is 0 Å². The van der Waals surface area contributed by atoms with Crippen LogP contribution < -0.4 is 0 Å². The molecule has 106 valence electrons. The van der Waals surface area contributed by atoms with Crippen LogP contribution in [0.4, 0.5) is 0 Å². The van der Waals surface area contributed by atoms with E-state index >= 15 is 0 Å². The zero-order valence-electron chi connectivity index (χ0n) is 11.6. The van der Waals surface area contributed by atoms with E-state index in [0.29, 0.717) is 12.1 Å². The van der Waals surface area contributed by atoms with E-state index in [0.717, 1.165) is 30.0 Å². The molecule has 4 heteroatoms. The summed E-state index contributed by atoms with van der Waals surface area (Å²) >= 11 is 0. The van der Waals surface area contributed by atoms with Crippen molar-refractivity contribution in [3.05, 3.63) is 35.6 Å². The molecular formula is C16H19NO3. The Kier molecular flexibility index (Phi) is 3.49. The molecule has 4 nitrogen and oxygen atoms in total. The summed E-state index contributed by atoms with van der Waals surface area (Å²) in [6, 6.07) is 7.55. The highest BCUT2D eigenvalue weighted by Crippen LogP contribution is 2.29. The molecule has 1 aromatic heterocycles. The number of benzene rings is 1. The van der Waals surface area contributed by atoms with Gasteiger partial charge < -0.3 is 9.52 Å². The number of hydrogen-bond donors (Lipinski definition) is 1. The first-order chi connectivity index (χ1) is 9.69. The van der Waals surface area contributed by atoms with Gasteiger partial charge in [0.2, 0.25) is 5.76 Å². The summed E-state index contributed by atoms with van der Waals surface area (Å²) in [6.45, 7) is 4.96. The number of furan rings is 1. The molecule has 0 amide bonds. The minimum Gasteiger partial charge on any atom is -0.475 e. The number of nitrogens with zero attached hydrogens (tertiary/aromatic N) is 1. The molecule has 2 aromatic rings. The van der Waals surface area contributed by atoms with Crippen molar-refractivity contribution in [2.75, 3.05) is 13.1 Å². The van der Waals surface area contributed by atoms with E-state index in [1.807, 2.05) is 24.3 Å². The number of rotatable bonds is 4. The van der Waals surface area contributed by atoms with Gasteiger partial charge >= 0.3 is 5.97 Å². The van der Waals surface area contributed by atoms with Gasteiger partial charge in [-0.1, -0.05) is 31.5 Å². The molecule has 2 heterocycles. The van der Waals surface area contributed by atoms with E-state index in [1.54, 1.807) is 0 Å². The number of aromatic carboxylic acids is 1. The van der Waals surface area contributed by atoms with Crippen molar-refractivity contribution in [2.24, 2.45) is 5.92 Å². The summed E-state index contributed by atoms with van der Waals surface area (Å²) in [5.74, 6) is -0.157. The minimum atomic E-state index is -0.984. The molecule has 1 aliphatic heterocycles. The number of likely N-dealkylation sites (tertiary alicyclic amines) is 1. The number of hydrogen-bond acceptors (Lipinski definition) is 3. The zero-order valence-corrected chi connectivity index (χ0v) is 11.6. The lowest BCUT2D eigenvalue weighted by atomic mass is 10.1. The molecule has 0 aliphatic carbocycles. The standard InChI is InChI=1S/C16H19NO3/c1-2-11-7-8-17(9-11)10-13-12-5-3-4-6-14(12)20-15(13)16(18)19/h3-6,11H,2,7-10H2,1H3,(H,18,19). The maximum atomic E-state index is 11.4. The molecule has 1 atom stereocenters. The topological polar surface area (TPSA) is 53.7 Å². The highest BCUT2D eigenvalue weighted by Gasteiger charge is 2.26. The Labute approximate surface area is 118 Å². The minimum absolute atomic E-state index is 0.0890. The van der Waals surface area contributed by atoms with E-state index in [2.05, 4.69) is 11.8 Å². The van der Waals surface area contributed by atoms with Crippen LogP contribution in [0.2, 0.25) is 0 Å². The molecule has 20 heavy (non-hydrogen) atoms. The van der Waals surface area contributed by atoms with Crippen LogP contribution in [0.5, 0.6) is 0 Å². The first-order valence-corrected chi connectivity index (χ1v) is 7.15. The van der Waals surface area contributed by atoms with Gasteiger partial charge in [0.05, 0.1) is 0 Å². The number of carbonyl (C=O) groups is 1. The fraction of sp³-hybridized carbons (Fsp3) is 0.438. The number of para-hydroxylation sites is 1. The highest BCUT2D eigenvalue weighted by molar-refractivity contribution is 5.95. The van der Waals surface area contributed by atoms with E-state index in [9.17, 15) is 9.90 Å². The van der Waals surface area contributed by atoms with Crippen molar-refractivity contribution in [3.63, 3.8) is 0 Å². The summed E-state index contributed by atoms with van der Waals surface area (Å²) in [7, 11) is 0. The van der Waals surface area contributed by atoms with Crippen LogP contribution in [0.15, 0.2) is 28.7 Å². The Morgan fingerprint density at radius 3 is 2.95 bits per heavy atom. The molecule has 1 saturated heterocycles. The Bertz CT molecular complexity index is 632. The Morgan fingerprint density at radius 2 is 2.25 bits per heavy atom. The average molecular weight is 273 g/mol. The third-order valence-corrected chi connectivity index (χ3v) is 4.22. The molecule has 3 rings (SSSR count). The monoisotopic (exact) mass is 273 g/mol. The number of carboxylic acids is 1. The van der Waals surface area contributed by atoms with Crippen molar-refractivity contribution in [1.82, 2.24) is 4.90 Å². The van der Waals surface area contributed by atoms with Gasteiger partial charge in [-0.05, 0) is 24.9 Å². The van der Waals surface area contributed by atoms with Gasteiger partial charge in [0.25, 0.3) is 0 Å². The molecule has 1 unspecified atom stereocenters. The van der Waals surface area contributed by atoms with Crippen LogP contribution >= 0.6 is 0 Å². The summed E-state index contributed by atoms with van der Waals surface area (Å²) in [5.41, 5.74) is 1.47. The fourth-order valence-electron chi connectivity index (χ4n) is 3.04. The molecule has 0 bridgehead atoms.